The minimum Gasteiger partial charge on any atom is -0.487 e. The molecule has 2 aliphatic heterocycles. The molecule has 0 aromatic carbocycles. The minimum absolute atomic E-state index is 0.0383. The second-order valence-corrected chi connectivity index (χ2v) is 14.4. The highest BCUT2D eigenvalue weighted by Crippen LogP contribution is 2.55. The number of carbonyl (C=O) groups excluding carboxylic acids is 2. The fraction of sp³-hybridized carbons (Fsp3) is 0.273. The number of thiophene rings is 2. The Balaban J connectivity index is 0.918. The number of nitrogens with zero attached hydrogens (tertiary/aromatic N) is 10. The number of hydrogen-bond donors (Lipinski definition) is 0. The molecule has 2 amide bonds. The molecule has 1 aliphatic carbocycles. The van der Waals surface area contributed by atoms with Gasteiger partial charge in [-0.3, -0.25) is 19.4 Å². The number of hydrogen-bond acceptors (Lipinski definition) is 11. The van der Waals surface area contributed by atoms with Gasteiger partial charge in [-0.1, -0.05) is 23.5 Å². The van der Waals surface area contributed by atoms with Crippen molar-refractivity contribution < 1.29 is 14.3 Å². The Morgan fingerprint density at radius 2 is 1.44 bits per heavy atom. The van der Waals surface area contributed by atoms with Crippen LogP contribution in [-0.2, 0) is 13.1 Å². The molecule has 3 aliphatic rings. The number of anilines is 2. The third-order valence-corrected chi connectivity index (χ3v) is 11.4. The first-order valence-corrected chi connectivity index (χ1v) is 17.2. The van der Waals surface area contributed by atoms with Crippen molar-refractivity contribution in [1.29, 1.82) is 0 Å². The fourth-order valence-corrected chi connectivity index (χ4v) is 8.73. The molecule has 0 saturated heterocycles. The van der Waals surface area contributed by atoms with Crippen LogP contribution in [0.4, 0.5) is 11.6 Å². The molecule has 2 atom stereocenters. The van der Waals surface area contributed by atoms with E-state index in [0.29, 0.717) is 52.6 Å². The van der Waals surface area contributed by atoms with E-state index in [9.17, 15) is 9.59 Å². The molecule has 0 radical (unpaired) electrons. The molecule has 0 bridgehead atoms. The molecule has 2 unspecified atom stereocenters. The first-order valence-electron chi connectivity index (χ1n) is 15.5. The number of carbonyl (C=O) groups is 2. The summed E-state index contributed by atoms with van der Waals surface area (Å²) in [6.07, 6.45) is 4.35. The molecule has 1 saturated carbocycles. The molecule has 6 aromatic heterocycles. The maximum Gasteiger partial charge on any atom is 0.270 e. The maximum atomic E-state index is 13.6. The third kappa shape index (κ3) is 4.56. The molecule has 1 fully saturated rings. The van der Waals surface area contributed by atoms with Gasteiger partial charge in [-0.05, 0) is 67.8 Å². The quantitative estimate of drug-likeness (QED) is 0.197. The van der Waals surface area contributed by atoms with Crippen LogP contribution in [0.1, 0.15) is 73.6 Å². The van der Waals surface area contributed by atoms with Crippen LogP contribution in [0.3, 0.4) is 0 Å². The van der Waals surface area contributed by atoms with E-state index in [-0.39, 0.29) is 29.8 Å². The number of fused-ring (bicyclic) bond motifs is 2. The Bertz CT molecular complexity index is 2250. The number of aromatic nitrogens is 8. The summed E-state index contributed by atoms with van der Waals surface area (Å²) >= 11 is 2.91. The van der Waals surface area contributed by atoms with Crippen LogP contribution in [0.25, 0.3) is 23.0 Å². The first kappa shape index (κ1) is 28.9. The van der Waals surface area contributed by atoms with Crippen molar-refractivity contribution in [3.8, 4) is 28.1 Å². The Hall–Kier alpha value is -5.28. The van der Waals surface area contributed by atoms with Gasteiger partial charge < -0.3 is 13.9 Å². The van der Waals surface area contributed by atoms with E-state index in [1.807, 2.05) is 47.0 Å². The highest BCUT2D eigenvalue weighted by Gasteiger charge is 2.44. The topological polar surface area (TPSA) is 137 Å². The van der Waals surface area contributed by atoms with Gasteiger partial charge >= 0.3 is 0 Å². The van der Waals surface area contributed by atoms with Crippen LogP contribution in [-0.4, -0.2) is 58.4 Å². The molecule has 0 N–H and O–H groups in total. The van der Waals surface area contributed by atoms with Crippen molar-refractivity contribution in [2.24, 2.45) is 0 Å². The summed E-state index contributed by atoms with van der Waals surface area (Å²) in [5.74, 6) is 2.62. The molecule has 6 aromatic rings. The van der Waals surface area contributed by atoms with Gasteiger partial charge in [0.15, 0.2) is 16.7 Å². The van der Waals surface area contributed by atoms with Gasteiger partial charge in [0, 0.05) is 22.9 Å². The first-order chi connectivity index (χ1) is 23.4. The van der Waals surface area contributed by atoms with Gasteiger partial charge in [-0.2, -0.15) is 0 Å². The van der Waals surface area contributed by atoms with Gasteiger partial charge in [-0.25, -0.2) is 9.97 Å². The van der Waals surface area contributed by atoms with Crippen LogP contribution in [0.5, 0.6) is 5.06 Å². The van der Waals surface area contributed by atoms with Crippen molar-refractivity contribution in [3.05, 3.63) is 86.9 Å². The second kappa shape index (κ2) is 10.9. The smallest absolute Gasteiger partial charge is 0.270 e. The Labute approximate surface area is 282 Å². The molecule has 13 nitrogen and oxygen atoms in total. The lowest BCUT2D eigenvalue weighted by Crippen LogP contribution is -2.24. The largest absolute Gasteiger partial charge is 0.487 e. The number of amides is 2. The van der Waals surface area contributed by atoms with E-state index in [0.717, 1.165) is 27.5 Å². The molecule has 48 heavy (non-hydrogen) atoms. The highest BCUT2D eigenvalue weighted by molar-refractivity contribution is 7.16. The van der Waals surface area contributed by atoms with Crippen LogP contribution in [0.2, 0.25) is 0 Å². The van der Waals surface area contributed by atoms with Gasteiger partial charge in [0.25, 0.3) is 11.8 Å². The lowest BCUT2D eigenvalue weighted by molar-refractivity contribution is 0.0991. The highest BCUT2D eigenvalue weighted by atomic mass is 32.1. The minimum atomic E-state index is -0.0791. The monoisotopic (exact) mass is 676 g/mol. The Morgan fingerprint density at radius 1 is 0.812 bits per heavy atom. The van der Waals surface area contributed by atoms with Crippen molar-refractivity contribution >= 4 is 46.1 Å². The lowest BCUT2D eigenvalue weighted by Gasteiger charge is -2.16. The SMILES string of the molecule is COc1cc2c(s1)C(=O)N(c1cccc(-c3nncn3C3CC3c3cc4c(s3)C(=O)N(c3cccc(-c5nncn5C(C)C)n3)C4)n1)C2. The van der Waals surface area contributed by atoms with Crippen molar-refractivity contribution in [2.75, 3.05) is 16.9 Å². The predicted octanol–water partition coefficient (Wildman–Crippen LogP) is 5.76. The van der Waals surface area contributed by atoms with Crippen LogP contribution < -0.4 is 14.5 Å². The summed E-state index contributed by atoms with van der Waals surface area (Å²) in [6.45, 7) is 5.05. The van der Waals surface area contributed by atoms with E-state index in [1.54, 1.807) is 40.9 Å². The zero-order chi connectivity index (χ0) is 32.7. The van der Waals surface area contributed by atoms with Crippen LogP contribution in [0.15, 0.2) is 61.2 Å². The predicted molar refractivity (Wildman–Crippen MR) is 180 cm³/mol. The van der Waals surface area contributed by atoms with Gasteiger partial charge in [-0.15, -0.1) is 31.7 Å². The van der Waals surface area contributed by atoms with Crippen LogP contribution >= 0.6 is 22.7 Å². The lowest BCUT2D eigenvalue weighted by atomic mass is 10.2. The summed E-state index contributed by atoms with van der Waals surface area (Å²) in [4.78, 5) is 42.4. The Morgan fingerprint density at radius 3 is 2.08 bits per heavy atom. The number of rotatable bonds is 8. The zero-order valence-electron chi connectivity index (χ0n) is 26.1. The third-order valence-electron chi connectivity index (χ3n) is 9.01. The molecule has 240 valence electrons. The molecule has 8 heterocycles. The van der Waals surface area contributed by atoms with Gasteiger partial charge in [0.2, 0.25) is 0 Å². The number of ether oxygens (including phenoxy) is 1. The Kier molecular flexibility index (Phi) is 6.55. The molecular weight excluding hydrogens is 649 g/mol. The standard InChI is InChI=1S/C33H28N10O3S2/c1-17(2)42-15-34-38-30(42)21-6-4-8-25(36-21)40-13-18-10-24(47-28(18)32(40)44)20-12-23(20)43-16-35-39-31(43)22-7-5-9-26(37-22)41-14-19-11-27(46-3)48-29(19)33(41)45/h4-11,15-17,20,23H,12-14H2,1-3H3. The second-order valence-electron chi connectivity index (χ2n) is 12.3. The van der Waals surface area contributed by atoms with Crippen LogP contribution in [0, 0.1) is 0 Å². The summed E-state index contributed by atoms with van der Waals surface area (Å²) in [5.41, 5.74) is 3.29. The maximum absolute atomic E-state index is 13.6. The average molecular weight is 677 g/mol. The average Bonchev–Trinajstić information content (AvgIpc) is 3.75. The van der Waals surface area contributed by atoms with Gasteiger partial charge in [0.1, 0.15) is 40.6 Å². The van der Waals surface area contributed by atoms with Gasteiger partial charge in [0.05, 0.1) is 25.1 Å². The summed E-state index contributed by atoms with van der Waals surface area (Å²) < 4.78 is 9.34. The van der Waals surface area contributed by atoms with E-state index in [1.165, 1.54) is 16.2 Å². The summed E-state index contributed by atoms with van der Waals surface area (Å²) in [7, 11) is 1.61. The van der Waals surface area contributed by atoms with Crippen molar-refractivity contribution in [1.82, 2.24) is 39.5 Å². The van der Waals surface area contributed by atoms with E-state index in [4.69, 9.17) is 14.7 Å². The molecular formula is C33H28N10O3S2. The summed E-state index contributed by atoms with van der Waals surface area (Å²) in [6, 6.07) is 15.7. The number of methoxy groups -OCH3 is 1. The van der Waals surface area contributed by atoms with Crippen molar-refractivity contribution in [3.63, 3.8) is 0 Å². The van der Waals surface area contributed by atoms with E-state index in [2.05, 4.69) is 44.9 Å². The normalized spacial score (nSPS) is 18.2. The molecule has 0 spiro atoms. The van der Waals surface area contributed by atoms with E-state index < -0.39 is 0 Å². The zero-order valence-corrected chi connectivity index (χ0v) is 27.8. The fourth-order valence-electron chi connectivity index (χ4n) is 6.50. The summed E-state index contributed by atoms with van der Waals surface area (Å²) in [5, 5.41) is 17.7. The molecule has 9 rings (SSSR count). The van der Waals surface area contributed by atoms with Crippen molar-refractivity contribution in [2.45, 2.75) is 51.4 Å². The number of pyridine rings is 2. The molecule has 15 heteroatoms. The van der Waals surface area contributed by atoms with E-state index >= 15 is 0 Å².